The van der Waals surface area contributed by atoms with Crippen LogP contribution in [0.3, 0.4) is 0 Å². The van der Waals surface area contributed by atoms with Crippen molar-refractivity contribution in [1.82, 2.24) is 0 Å². The van der Waals surface area contributed by atoms with Crippen molar-refractivity contribution >= 4 is 11.6 Å². The van der Waals surface area contributed by atoms with E-state index >= 15 is 0 Å². The van der Waals surface area contributed by atoms with Crippen LogP contribution in [0.5, 0.6) is 5.75 Å². The van der Waals surface area contributed by atoms with Gasteiger partial charge >= 0.3 is 0 Å². The molecule has 1 heterocycles. The molecule has 19 heavy (non-hydrogen) atoms. The molecule has 100 valence electrons. The number of hydrogen-bond donors (Lipinski definition) is 1. The van der Waals surface area contributed by atoms with E-state index in [0.717, 1.165) is 6.42 Å². The third-order valence-electron chi connectivity index (χ3n) is 3.23. The zero-order valence-electron chi connectivity index (χ0n) is 11.0. The maximum Gasteiger partial charge on any atom is 0.253 e. The maximum absolute atomic E-state index is 12.1. The lowest BCUT2D eigenvalue weighted by atomic mass is 10.0. The summed E-state index contributed by atoms with van der Waals surface area (Å²) in [5, 5.41) is 11.6. The lowest BCUT2D eigenvalue weighted by Gasteiger charge is -2.16. The molecule has 0 aromatic heterocycles. The number of benzene rings is 1. The molecule has 1 aromatic rings. The Labute approximate surface area is 112 Å². The molecule has 2 rings (SSSR count). The highest BCUT2D eigenvalue weighted by molar-refractivity contribution is 5.95. The van der Waals surface area contributed by atoms with E-state index in [4.69, 9.17) is 14.7 Å². The number of carbonyl (C=O) groups is 1. The lowest BCUT2D eigenvalue weighted by Crippen LogP contribution is -2.31. The average Bonchev–Trinajstić information content (AvgIpc) is 2.85. The molecule has 2 unspecified atom stereocenters. The zero-order valence-corrected chi connectivity index (χ0v) is 11.0. The topological polar surface area (TPSA) is 71.3 Å². The van der Waals surface area contributed by atoms with Gasteiger partial charge in [0, 0.05) is 12.7 Å². The summed E-state index contributed by atoms with van der Waals surface area (Å²) < 4.78 is 10.6. The summed E-state index contributed by atoms with van der Waals surface area (Å²) in [5.74, 6) is 0.510. The molecule has 0 saturated carbocycles. The predicted octanol–water partition coefficient (Wildman–Crippen LogP) is 1.93. The van der Waals surface area contributed by atoms with Crippen molar-refractivity contribution in [3.8, 4) is 11.8 Å². The van der Waals surface area contributed by atoms with Crippen LogP contribution in [0.4, 0.5) is 5.69 Å². The van der Waals surface area contributed by atoms with Crippen molar-refractivity contribution in [3.05, 3.63) is 23.8 Å². The Hall–Kier alpha value is -2.06. The lowest BCUT2D eigenvalue weighted by molar-refractivity contribution is -0.126. The highest BCUT2D eigenvalue weighted by atomic mass is 16.5. The number of ether oxygens (including phenoxy) is 2. The fourth-order valence-corrected chi connectivity index (χ4v) is 2.10. The average molecular weight is 260 g/mol. The molecule has 0 spiro atoms. The highest BCUT2D eigenvalue weighted by Gasteiger charge is 2.31. The summed E-state index contributed by atoms with van der Waals surface area (Å²) in [7, 11) is 1.50. The van der Waals surface area contributed by atoms with Gasteiger partial charge in [-0.25, -0.2) is 0 Å². The molecule has 0 radical (unpaired) electrons. The Morgan fingerprint density at radius 3 is 2.95 bits per heavy atom. The summed E-state index contributed by atoms with van der Waals surface area (Å²) >= 11 is 0. The van der Waals surface area contributed by atoms with E-state index in [2.05, 4.69) is 5.32 Å². The van der Waals surface area contributed by atoms with Gasteiger partial charge in [0.2, 0.25) is 0 Å². The normalized spacial score (nSPS) is 21.7. The summed E-state index contributed by atoms with van der Waals surface area (Å²) in [5.41, 5.74) is 1.04. The van der Waals surface area contributed by atoms with Gasteiger partial charge in [0.25, 0.3) is 5.91 Å². The molecule has 1 N–H and O–H groups in total. The molecule has 5 heteroatoms. The molecule has 1 fully saturated rings. The summed E-state index contributed by atoms with van der Waals surface area (Å²) in [6.07, 6.45) is 0.475. The Morgan fingerprint density at radius 2 is 2.37 bits per heavy atom. The number of methoxy groups -OCH3 is 1. The van der Waals surface area contributed by atoms with Crippen LogP contribution in [0.25, 0.3) is 0 Å². The molecule has 0 aliphatic carbocycles. The highest BCUT2D eigenvalue weighted by Crippen LogP contribution is 2.27. The molecule has 1 amide bonds. The van der Waals surface area contributed by atoms with Crippen LogP contribution >= 0.6 is 0 Å². The van der Waals surface area contributed by atoms with E-state index in [9.17, 15) is 4.79 Å². The number of rotatable bonds is 3. The first-order valence-corrected chi connectivity index (χ1v) is 6.16. The van der Waals surface area contributed by atoms with E-state index < -0.39 is 6.10 Å². The minimum atomic E-state index is -0.416. The fraction of sp³-hybridized carbons (Fsp3) is 0.429. The largest absolute Gasteiger partial charge is 0.495 e. The number of nitriles is 1. The van der Waals surface area contributed by atoms with Gasteiger partial charge in [0.1, 0.15) is 11.9 Å². The van der Waals surface area contributed by atoms with E-state index in [-0.39, 0.29) is 11.8 Å². The SMILES string of the molecule is COc1cc(C#N)ccc1NC(=O)C1OCCC1C. The second-order valence-electron chi connectivity index (χ2n) is 4.57. The summed E-state index contributed by atoms with van der Waals surface area (Å²) in [6, 6.07) is 6.92. The number of nitrogens with one attached hydrogen (secondary N) is 1. The van der Waals surface area contributed by atoms with Gasteiger partial charge in [-0.2, -0.15) is 5.26 Å². The second-order valence-corrected chi connectivity index (χ2v) is 4.57. The van der Waals surface area contributed by atoms with Crippen LogP contribution in [0.1, 0.15) is 18.9 Å². The minimum Gasteiger partial charge on any atom is -0.495 e. The first kappa shape index (κ1) is 13.4. The van der Waals surface area contributed by atoms with Crippen LogP contribution in [-0.4, -0.2) is 25.7 Å². The summed E-state index contributed by atoms with van der Waals surface area (Å²) in [6.45, 7) is 2.61. The molecular formula is C14H16N2O3. The quantitative estimate of drug-likeness (QED) is 0.901. The van der Waals surface area contributed by atoms with Crippen molar-refractivity contribution in [1.29, 1.82) is 5.26 Å². The van der Waals surface area contributed by atoms with Crippen molar-refractivity contribution in [2.75, 3.05) is 19.0 Å². The standard InChI is InChI=1S/C14H16N2O3/c1-9-5-6-19-13(9)14(17)16-11-4-3-10(8-15)7-12(11)18-2/h3-4,7,9,13H,5-6H2,1-2H3,(H,16,17). The van der Waals surface area contributed by atoms with Crippen molar-refractivity contribution in [2.45, 2.75) is 19.4 Å². The second kappa shape index (κ2) is 5.72. The van der Waals surface area contributed by atoms with Gasteiger partial charge in [-0.15, -0.1) is 0 Å². The Kier molecular flexibility index (Phi) is 4.03. The van der Waals surface area contributed by atoms with E-state index in [1.165, 1.54) is 7.11 Å². The minimum absolute atomic E-state index is 0.173. The Morgan fingerprint density at radius 1 is 1.58 bits per heavy atom. The Bertz CT molecular complexity index is 522. The van der Waals surface area contributed by atoms with Crippen LogP contribution in [0.2, 0.25) is 0 Å². The van der Waals surface area contributed by atoms with Gasteiger partial charge < -0.3 is 14.8 Å². The number of carbonyl (C=O) groups excluding carboxylic acids is 1. The Balaban J connectivity index is 2.14. The number of nitrogens with zero attached hydrogens (tertiary/aromatic N) is 1. The molecule has 5 nitrogen and oxygen atoms in total. The van der Waals surface area contributed by atoms with E-state index in [0.29, 0.717) is 23.6 Å². The molecule has 1 saturated heterocycles. The molecule has 1 aromatic carbocycles. The predicted molar refractivity (Wildman–Crippen MR) is 69.9 cm³/mol. The first-order chi connectivity index (χ1) is 9.15. The molecule has 1 aliphatic rings. The number of hydrogen-bond acceptors (Lipinski definition) is 4. The van der Waals surface area contributed by atoms with Crippen LogP contribution in [-0.2, 0) is 9.53 Å². The van der Waals surface area contributed by atoms with Crippen molar-refractivity contribution in [3.63, 3.8) is 0 Å². The van der Waals surface area contributed by atoms with Gasteiger partial charge in [-0.3, -0.25) is 4.79 Å². The van der Waals surface area contributed by atoms with Crippen LogP contribution in [0, 0.1) is 17.2 Å². The van der Waals surface area contributed by atoms with E-state index in [1.54, 1.807) is 18.2 Å². The third-order valence-corrected chi connectivity index (χ3v) is 3.23. The van der Waals surface area contributed by atoms with Gasteiger partial charge in [-0.1, -0.05) is 6.92 Å². The smallest absolute Gasteiger partial charge is 0.253 e. The number of amides is 1. The molecular weight excluding hydrogens is 244 g/mol. The monoisotopic (exact) mass is 260 g/mol. The first-order valence-electron chi connectivity index (χ1n) is 6.16. The number of anilines is 1. The zero-order chi connectivity index (χ0) is 13.8. The van der Waals surface area contributed by atoms with Crippen LogP contribution < -0.4 is 10.1 Å². The summed E-state index contributed by atoms with van der Waals surface area (Å²) in [4.78, 5) is 12.1. The maximum atomic E-state index is 12.1. The van der Waals surface area contributed by atoms with Gasteiger partial charge in [0.05, 0.1) is 24.4 Å². The van der Waals surface area contributed by atoms with Crippen molar-refractivity contribution < 1.29 is 14.3 Å². The third kappa shape index (κ3) is 2.85. The molecule has 2 atom stereocenters. The molecule has 0 bridgehead atoms. The fourth-order valence-electron chi connectivity index (χ4n) is 2.10. The van der Waals surface area contributed by atoms with Gasteiger partial charge in [0.15, 0.2) is 0 Å². The van der Waals surface area contributed by atoms with E-state index in [1.807, 2.05) is 13.0 Å². The van der Waals surface area contributed by atoms with Crippen molar-refractivity contribution in [2.24, 2.45) is 5.92 Å². The molecule has 1 aliphatic heterocycles. The van der Waals surface area contributed by atoms with Crippen LogP contribution in [0.15, 0.2) is 18.2 Å². The van der Waals surface area contributed by atoms with Gasteiger partial charge in [-0.05, 0) is 24.5 Å².